The summed E-state index contributed by atoms with van der Waals surface area (Å²) in [6.45, 7) is 2.39. The number of hydrogen-bond donors (Lipinski definition) is 2. The highest BCUT2D eigenvalue weighted by atomic mass is 16.4. The Morgan fingerprint density at radius 2 is 2.16 bits per heavy atom. The zero-order valence-corrected chi connectivity index (χ0v) is 10.6. The Kier molecular flexibility index (Phi) is 3.69. The van der Waals surface area contributed by atoms with Gasteiger partial charge in [-0.15, -0.1) is 0 Å². The van der Waals surface area contributed by atoms with Crippen LogP contribution in [-0.2, 0) is 4.79 Å². The monoisotopic (exact) mass is 264 g/mol. The van der Waals surface area contributed by atoms with Crippen LogP contribution in [0.1, 0.15) is 30.1 Å². The molecule has 0 spiro atoms. The number of carbonyl (C=O) groups is 2. The first-order valence-corrected chi connectivity index (χ1v) is 6.17. The van der Waals surface area contributed by atoms with E-state index in [-0.39, 0.29) is 17.2 Å². The molecule has 2 atom stereocenters. The molecule has 2 N–H and O–H groups in total. The second-order valence-corrected chi connectivity index (χ2v) is 4.91. The van der Waals surface area contributed by atoms with Crippen LogP contribution < -0.4 is 0 Å². The summed E-state index contributed by atoms with van der Waals surface area (Å²) in [5.74, 6) is -1.22. The van der Waals surface area contributed by atoms with Gasteiger partial charge in [-0.1, -0.05) is 6.92 Å². The van der Waals surface area contributed by atoms with E-state index in [1.54, 1.807) is 0 Å². The molecule has 6 heteroatoms. The maximum absolute atomic E-state index is 12.3. The fraction of sp³-hybridized carbons (Fsp3) is 0.462. The van der Waals surface area contributed by atoms with Crippen LogP contribution in [0.5, 0.6) is 5.75 Å². The van der Waals surface area contributed by atoms with Crippen molar-refractivity contribution in [2.45, 2.75) is 25.8 Å². The number of aromatic nitrogens is 1. The molecule has 0 bridgehead atoms. The third-order valence-electron chi connectivity index (χ3n) is 3.38. The molecule has 102 valence electrons. The molecular weight excluding hydrogens is 248 g/mol. The summed E-state index contributed by atoms with van der Waals surface area (Å²) in [5, 5.41) is 18.5. The lowest BCUT2D eigenvalue weighted by Crippen LogP contribution is -2.49. The van der Waals surface area contributed by atoms with Crippen LogP contribution in [0.15, 0.2) is 18.5 Å². The van der Waals surface area contributed by atoms with Crippen LogP contribution in [0.2, 0.25) is 0 Å². The van der Waals surface area contributed by atoms with Crippen LogP contribution in [-0.4, -0.2) is 44.6 Å². The number of amides is 1. The smallest absolute Gasteiger partial charge is 0.326 e. The van der Waals surface area contributed by atoms with Gasteiger partial charge in [-0.05, 0) is 24.8 Å². The molecule has 0 aliphatic carbocycles. The minimum Gasteiger partial charge on any atom is -0.506 e. The van der Waals surface area contributed by atoms with Crippen LogP contribution in [0.4, 0.5) is 0 Å². The summed E-state index contributed by atoms with van der Waals surface area (Å²) in [7, 11) is 0. The summed E-state index contributed by atoms with van der Waals surface area (Å²) < 4.78 is 0. The second-order valence-electron chi connectivity index (χ2n) is 4.91. The molecule has 1 aromatic heterocycles. The molecule has 1 aliphatic heterocycles. The van der Waals surface area contributed by atoms with Crippen molar-refractivity contribution in [2.75, 3.05) is 6.54 Å². The van der Waals surface area contributed by atoms with Gasteiger partial charge in [0, 0.05) is 12.7 Å². The average Bonchev–Trinajstić information content (AvgIpc) is 2.37. The van der Waals surface area contributed by atoms with E-state index in [0.29, 0.717) is 13.0 Å². The van der Waals surface area contributed by atoms with Crippen LogP contribution >= 0.6 is 0 Å². The molecule has 0 aromatic carbocycles. The van der Waals surface area contributed by atoms with Gasteiger partial charge in [-0.3, -0.25) is 9.78 Å². The summed E-state index contributed by atoms with van der Waals surface area (Å²) in [5.41, 5.74) is 0.209. The highest BCUT2D eigenvalue weighted by Gasteiger charge is 2.35. The molecular formula is C13H16N2O4. The van der Waals surface area contributed by atoms with E-state index >= 15 is 0 Å². The van der Waals surface area contributed by atoms with Crippen LogP contribution in [0.25, 0.3) is 0 Å². The maximum Gasteiger partial charge on any atom is 0.326 e. The maximum atomic E-state index is 12.3. The summed E-state index contributed by atoms with van der Waals surface area (Å²) >= 11 is 0. The van der Waals surface area contributed by atoms with E-state index in [4.69, 9.17) is 0 Å². The van der Waals surface area contributed by atoms with Gasteiger partial charge in [-0.25, -0.2) is 4.79 Å². The Morgan fingerprint density at radius 1 is 1.42 bits per heavy atom. The first-order valence-electron chi connectivity index (χ1n) is 6.17. The van der Waals surface area contributed by atoms with Gasteiger partial charge in [0.1, 0.15) is 11.8 Å². The highest BCUT2D eigenvalue weighted by Crippen LogP contribution is 2.24. The molecule has 2 unspecified atom stereocenters. The number of likely N-dealkylation sites (tertiary alicyclic amines) is 1. The summed E-state index contributed by atoms with van der Waals surface area (Å²) in [6.07, 6.45) is 3.79. The Balaban J connectivity index is 2.24. The first-order chi connectivity index (χ1) is 8.99. The molecule has 2 rings (SSSR count). The second kappa shape index (κ2) is 5.26. The number of hydrogen-bond acceptors (Lipinski definition) is 4. The molecule has 6 nitrogen and oxygen atoms in total. The number of aromatic hydroxyl groups is 1. The molecule has 1 fully saturated rings. The molecule has 1 aromatic rings. The van der Waals surface area contributed by atoms with Gasteiger partial charge >= 0.3 is 5.97 Å². The number of carboxylic acids is 1. The Hall–Kier alpha value is -2.11. The Bertz CT molecular complexity index is 503. The van der Waals surface area contributed by atoms with E-state index < -0.39 is 17.9 Å². The predicted octanol–water partition coefficient (Wildman–Crippen LogP) is 1.11. The number of aliphatic carboxylic acids is 1. The third kappa shape index (κ3) is 2.83. The molecule has 1 saturated heterocycles. The number of carbonyl (C=O) groups excluding carboxylic acids is 1. The van der Waals surface area contributed by atoms with Crippen molar-refractivity contribution < 1.29 is 19.8 Å². The van der Waals surface area contributed by atoms with Crippen LogP contribution in [0.3, 0.4) is 0 Å². The molecule has 1 aliphatic rings. The minimum absolute atomic E-state index is 0.108. The van der Waals surface area contributed by atoms with Crippen molar-refractivity contribution in [3.05, 3.63) is 24.0 Å². The van der Waals surface area contributed by atoms with Gasteiger partial charge in [0.25, 0.3) is 5.91 Å². The lowest BCUT2D eigenvalue weighted by atomic mass is 9.92. The molecule has 1 amide bonds. The van der Waals surface area contributed by atoms with Crippen molar-refractivity contribution >= 4 is 11.9 Å². The van der Waals surface area contributed by atoms with Crippen molar-refractivity contribution in [2.24, 2.45) is 5.92 Å². The molecule has 19 heavy (non-hydrogen) atoms. The van der Waals surface area contributed by atoms with Crippen molar-refractivity contribution in [1.29, 1.82) is 0 Å². The zero-order valence-electron chi connectivity index (χ0n) is 10.6. The highest BCUT2D eigenvalue weighted by molar-refractivity contribution is 5.96. The normalized spacial score (nSPS) is 23.1. The molecule has 0 saturated carbocycles. The minimum atomic E-state index is -0.993. The summed E-state index contributed by atoms with van der Waals surface area (Å²) in [6, 6.07) is 0.491. The topological polar surface area (TPSA) is 90.7 Å². The quantitative estimate of drug-likeness (QED) is 0.835. The zero-order chi connectivity index (χ0) is 14.0. The van der Waals surface area contributed by atoms with Gasteiger partial charge in [0.15, 0.2) is 0 Å². The first kappa shape index (κ1) is 13.3. The number of carboxylic acid groups (broad SMARTS) is 1. The number of pyridine rings is 1. The van der Waals surface area contributed by atoms with E-state index in [1.165, 1.54) is 23.4 Å². The largest absolute Gasteiger partial charge is 0.506 e. The fourth-order valence-electron chi connectivity index (χ4n) is 2.33. The SMILES string of the molecule is CC1CCN(C(=O)c2cncc(O)c2)C(C(=O)O)C1. The Morgan fingerprint density at radius 3 is 2.79 bits per heavy atom. The van der Waals surface area contributed by atoms with Gasteiger partial charge in [0.2, 0.25) is 0 Å². The molecule has 2 heterocycles. The van der Waals surface area contributed by atoms with Gasteiger partial charge < -0.3 is 15.1 Å². The van der Waals surface area contributed by atoms with Gasteiger partial charge in [-0.2, -0.15) is 0 Å². The molecule has 0 radical (unpaired) electrons. The third-order valence-corrected chi connectivity index (χ3v) is 3.38. The predicted molar refractivity (Wildman–Crippen MR) is 66.8 cm³/mol. The standard InChI is InChI=1S/C13H16N2O4/c1-8-2-3-15(11(4-8)13(18)19)12(17)9-5-10(16)7-14-6-9/h5-8,11,16H,2-4H2,1H3,(H,18,19). The number of rotatable bonds is 2. The van der Waals surface area contributed by atoms with Gasteiger partial charge in [0.05, 0.1) is 11.8 Å². The average molecular weight is 264 g/mol. The van der Waals surface area contributed by atoms with E-state index in [9.17, 15) is 19.8 Å². The van der Waals surface area contributed by atoms with Crippen molar-refractivity contribution in [3.63, 3.8) is 0 Å². The van der Waals surface area contributed by atoms with E-state index in [2.05, 4.69) is 4.98 Å². The Labute approximate surface area is 110 Å². The van der Waals surface area contributed by atoms with Crippen molar-refractivity contribution in [1.82, 2.24) is 9.88 Å². The van der Waals surface area contributed by atoms with Crippen molar-refractivity contribution in [3.8, 4) is 5.75 Å². The number of nitrogens with zero attached hydrogens (tertiary/aromatic N) is 2. The van der Waals surface area contributed by atoms with Crippen LogP contribution in [0, 0.1) is 5.92 Å². The fourth-order valence-corrected chi connectivity index (χ4v) is 2.33. The van der Waals surface area contributed by atoms with E-state index in [0.717, 1.165) is 6.42 Å². The van der Waals surface area contributed by atoms with E-state index in [1.807, 2.05) is 6.92 Å². The lowest BCUT2D eigenvalue weighted by molar-refractivity contribution is -0.144. The number of piperidine rings is 1. The summed E-state index contributed by atoms with van der Waals surface area (Å²) in [4.78, 5) is 28.6. The lowest BCUT2D eigenvalue weighted by Gasteiger charge is -2.35.